The molecule has 1 atom stereocenters. The minimum Gasteiger partial charge on any atom is -0.466 e. The summed E-state index contributed by atoms with van der Waals surface area (Å²) < 4.78 is 11.6. The third-order valence-electron chi connectivity index (χ3n) is 9.51. The number of aliphatic hydroxyl groups is 2. The summed E-state index contributed by atoms with van der Waals surface area (Å²) in [5, 5.41) is 19.9. The van der Waals surface area contributed by atoms with Gasteiger partial charge in [0.1, 0.15) is 0 Å². The first-order chi connectivity index (χ1) is 24.1. The van der Waals surface area contributed by atoms with Gasteiger partial charge in [-0.15, -0.1) is 11.8 Å². The van der Waals surface area contributed by atoms with Crippen LogP contribution < -0.4 is 0 Å². The fourth-order valence-corrected chi connectivity index (χ4v) is 6.31. The molecule has 0 fully saturated rings. The summed E-state index contributed by atoms with van der Waals surface area (Å²) in [5.41, 5.74) is 0. The predicted octanol–water partition coefficient (Wildman–Crippen LogP) is 11.3. The van der Waals surface area contributed by atoms with Crippen LogP contribution in [0.15, 0.2) is 0 Å². The van der Waals surface area contributed by atoms with E-state index in [1.807, 2.05) is 0 Å². The average Bonchev–Trinajstić information content (AvgIpc) is 3.09. The van der Waals surface area contributed by atoms with Crippen molar-refractivity contribution in [1.29, 1.82) is 0 Å². The van der Waals surface area contributed by atoms with E-state index in [1.54, 1.807) is 0 Å². The Morgan fingerprint density at radius 2 is 1.04 bits per heavy atom. The van der Waals surface area contributed by atoms with Crippen LogP contribution in [0.1, 0.15) is 213 Å². The standard InChI is InChI=1S/C43H83NO5/c1-4-7-10-13-16-22-31-40-48-42(46)34-26-28-37-44(38-29-30-39-45)36-27-21-17-20-25-35-43(47)49-41(32-23-18-14-11-8-5-2)33-24-19-15-12-9-6-3/h41,43,45,47H,4-12,14-15,17-40H2,1-3H3. The smallest absolute Gasteiger partial charge is 0.305 e. The Kier molecular flexibility index (Phi) is 38.7. The summed E-state index contributed by atoms with van der Waals surface area (Å²) in [5.74, 6) is 6.25. The van der Waals surface area contributed by atoms with Gasteiger partial charge in [-0.25, -0.2) is 0 Å². The molecule has 49 heavy (non-hydrogen) atoms. The molecule has 6 nitrogen and oxygen atoms in total. The fraction of sp³-hybridized carbons (Fsp3) is 0.930. The fourth-order valence-electron chi connectivity index (χ4n) is 6.31. The second-order valence-electron chi connectivity index (χ2n) is 14.4. The van der Waals surface area contributed by atoms with Crippen LogP contribution in [0.4, 0.5) is 0 Å². The van der Waals surface area contributed by atoms with E-state index in [-0.39, 0.29) is 18.7 Å². The Morgan fingerprint density at radius 1 is 0.571 bits per heavy atom. The molecular weight excluding hydrogens is 610 g/mol. The number of unbranched alkanes of at least 4 members (excludes halogenated alkanes) is 19. The first-order valence-electron chi connectivity index (χ1n) is 21.3. The van der Waals surface area contributed by atoms with Crippen LogP contribution in [0, 0.1) is 11.8 Å². The molecular formula is C43H83NO5. The second kappa shape index (κ2) is 39.7. The van der Waals surface area contributed by atoms with Gasteiger partial charge in [0.25, 0.3) is 0 Å². The highest BCUT2D eigenvalue weighted by Crippen LogP contribution is 2.20. The van der Waals surface area contributed by atoms with Gasteiger partial charge in [-0.1, -0.05) is 124 Å². The molecule has 0 heterocycles. The maximum atomic E-state index is 12.1. The van der Waals surface area contributed by atoms with Crippen molar-refractivity contribution in [1.82, 2.24) is 4.90 Å². The van der Waals surface area contributed by atoms with Crippen LogP contribution in [0.2, 0.25) is 0 Å². The molecule has 0 aliphatic carbocycles. The molecule has 290 valence electrons. The molecule has 0 rings (SSSR count). The second-order valence-corrected chi connectivity index (χ2v) is 14.4. The van der Waals surface area contributed by atoms with Crippen LogP contribution in [0.25, 0.3) is 0 Å². The van der Waals surface area contributed by atoms with E-state index in [1.165, 1.54) is 103 Å². The Labute approximate surface area is 305 Å². The Bertz CT molecular complexity index is 719. The van der Waals surface area contributed by atoms with Crippen molar-refractivity contribution in [2.24, 2.45) is 0 Å². The lowest BCUT2D eigenvalue weighted by molar-refractivity contribution is -0.144. The van der Waals surface area contributed by atoms with Gasteiger partial charge in [0.2, 0.25) is 0 Å². The molecule has 2 N–H and O–H groups in total. The normalized spacial score (nSPS) is 12.1. The first-order valence-corrected chi connectivity index (χ1v) is 21.3. The molecule has 0 saturated carbocycles. The highest BCUT2D eigenvalue weighted by molar-refractivity contribution is 5.69. The molecule has 0 spiro atoms. The molecule has 0 aromatic rings. The summed E-state index contributed by atoms with van der Waals surface area (Å²) in [7, 11) is 0. The number of hydrogen-bond donors (Lipinski definition) is 2. The van der Waals surface area contributed by atoms with E-state index in [0.717, 1.165) is 103 Å². The summed E-state index contributed by atoms with van der Waals surface area (Å²) in [4.78, 5) is 14.6. The summed E-state index contributed by atoms with van der Waals surface area (Å²) >= 11 is 0. The van der Waals surface area contributed by atoms with Gasteiger partial charge < -0.3 is 24.6 Å². The van der Waals surface area contributed by atoms with Gasteiger partial charge in [-0.2, -0.15) is 0 Å². The SMILES string of the molecule is CCCCC#CCCCOC(=O)CCCCN(CCCCO)CCCCCCCC(O)OC(CCCCCCCC)CCCCCCCC. The molecule has 1 unspecified atom stereocenters. The maximum Gasteiger partial charge on any atom is 0.305 e. The number of aliphatic hydroxyl groups excluding tert-OH is 2. The third kappa shape index (κ3) is 36.5. The molecule has 0 aromatic heterocycles. The minimum absolute atomic E-state index is 0.0904. The minimum atomic E-state index is -0.626. The molecule has 0 radical (unpaired) electrons. The lowest BCUT2D eigenvalue weighted by Gasteiger charge is -2.22. The first kappa shape index (κ1) is 47.9. The predicted molar refractivity (Wildman–Crippen MR) is 209 cm³/mol. The lowest BCUT2D eigenvalue weighted by Crippen LogP contribution is -2.27. The van der Waals surface area contributed by atoms with Crippen LogP contribution in [0.3, 0.4) is 0 Å². The number of carbonyl (C=O) groups excluding carboxylic acids is 1. The molecule has 0 bridgehead atoms. The van der Waals surface area contributed by atoms with E-state index in [9.17, 15) is 15.0 Å². The Morgan fingerprint density at radius 3 is 1.61 bits per heavy atom. The zero-order valence-electron chi connectivity index (χ0n) is 33.0. The zero-order valence-corrected chi connectivity index (χ0v) is 33.0. The van der Waals surface area contributed by atoms with E-state index in [0.29, 0.717) is 13.0 Å². The van der Waals surface area contributed by atoms with Gasteiger partial charge in [-0.05, 0) is 90.3 Å². The number of ether oxygens (including phenoxy) is 2. The van der Waals surface area contributed by atoms with Gasteiger partial charge >= 0.3 is 5.97 Å². The van der Waals surface area contributed by atoms with E-state index in [4.69, 9.17) is 9.47 Å². The van der Waals surface area contributed by atoms with Gasteiger partial charge in [0.05, 0.1) is 12.7 Å². The quantitative estimate of drug-likeness (QED) is 0.0290. The van der Waals surface area contributed by atoms with Gasteiger partial charge in [-0.3, -0.25) is 4.79 Å². The third-order valence-corrected chi connectivity index (χ3v) is 9.51. The number of carbonyl (C=O) groups is 1. The van der Waals surface area contributed by atoms with Crippen molar-refractivity contribution in [3.05, 3.63) is 0 Å². The van der Waals surface area contributed by atoms with Crippen LogP contribution in [-0.4, -0.2) is 66.3 Å². The molecule has 0 amide bonds. The summed E-state index contributed by atoms with van der Waals surface area (Å²) in [6, 6.07) is 0. The Hall–Kier alpha value is -1.13. The van der Waals surface area contributed by atoms with Crippen molar-refractivity contribution in [2.75, 3.05) is 32.8 Å². The van der Waals surface area contributed by atoms with Crippen molar-refractivity contribution < 1.29 is 24.5 Å². The van der Waals surface area contributed by atoms with Crippen molar-refractivity contribution >= 4 is 5.97 Å². The van der Waals surface area contributed by atoms with Crippen LogP contribution in [-0.2, 0) is 14.3 Å². The van der Waals surface area contributed by atoms with Crippen molar-refractivity contribution in [3.63, 3.8) is 0 Å². The molecule has 0 aliphatic rings. The number of hydrogen-bond acceptors (Lipinski definition) is 6. The highest BCUT2D eigenvalue weighted by atomic mass is 16.6. The Balaban J connectivity index is 4.19. The number of rotatable bonds is 38. The summed E-state index contributed by atoms with van der Waals surface area (Å²) in [6.07, 6.45) is 32.9. The largest absolute Gasteiger partial charge is 0.466 e. The monoisotopic (exact) mass is 694 g/mol. The lowest BCUT2D eigenvalue weighted by atomic mass is 10.0. The molecule has 0 aliphatic heterocycles. The highest BCUT2D eigenvalue weighted by Gasteiger charge is 2.15. The topological polar surface area (TPSA) is 79.2 Å². The van der Waals surface area contributed by atoms with E-state index in [2.05, 4.69) is 37.5 Å². The number of nitrogens with zero attached hydrogens (tertiary/aromatic N) is 1. The van der Waals surface area contributed by atoms with Gasteiger partial charge in [0.15, 0.2) is 6.29 Å². The molecule has 0 aromatic carbocycles. The van der Waals surface area contributed by atoms with Crippen molar-refractivity contribution in [2.45, 2.75) is 226 Å². The molecule has 0 saturated heterocycles. The van der Waals surface area contributed by atoms with Crippen LogP contribution >= 0.6 is 0 Å². The van der Waals surface area contributed by atoms with Gasteiger partial charge in [0, 0.05) is 25.9 Å². The van der Waals surface area contributed by atoms with E-state index < -0.39 is 6.29 Å². The van der Waals surface area contributed by atoms with Crippen molar-refractivity contribution in [3.8, 4) is 11.8 Å². The zero-order chi connectivity index (χ0) is 35.9. The average molecular weight is 694 g/mol. The van der Waals surface area contributed by atoms with Crippen LogP contribution in [0.5, 0.6) is 0 Å². The summed E-state index contributed by atoms with van der Waals surface area (Å²) in [6.45, 7) is 10.5. The molecule has 6 heteroatoms. The number of esters is 1. The maximum absolute atomic E-state index is 12.1. The van der Waals surface area contributed by atoms with E-state index >= 15 is 0 Å².